The standard InChI is InChI=1S/C15H17Cl2N5O/c1-22(2)6-5-18-15(23)13-8-20-14(9-19-13)21-12-4-3-10(16)7-11(12)17/h3-4,7-9H,5-6H2,1-2H3,(H,18,23)(H,20,21). The molecule has 1 amide bonds. The molecule has 0 fully saturated rings. The lowest BCUT2D eigenvalue weighted by atomic mass is 10.3. The quantitative estimate of drug-likeness (QED) is 0.835. The van der Waals surface area contributed by atoms with E-state index in [1.807, 2.05) is 19.0 Å². The van der Waals surface area contributed by atoms with Crippen LogP contribution in [0.3, 0.4) is 0 Å². The summed E-state index contributed by atoms with van der Waals surface area (Å²) in [7, 11) is 3.88. The van der Waals surface area contributed by atoms with Crippen molar-refractivity contribution in [2.75, 3.05) is 32.5 Å². The number of carbonyl (C=O) groups is 1. The van der Waals surface area contributed by atoms with E-state index in [-0.39, 0.29) is 11.6 Å². The summed E-state index contributed by atoms with van der Waals surface area (Å²) in [5, 5.41) is 6.83. The lowest BCUT2D eigenvalue weighted by molar-refractivity contribution is 0.0945. The molecule has 0 saturated carbocycles. The van der Waals surface area contributed by atoms with E-state index in [9.17, 15) is 4.79 Å². The molecule has 8 heteroatoms. The Morgan fingerprint density at radius 2 is 2.00 bits per heavy atom. The van der Waals surface area contributed by atoms with Crippen LogP contribution in [0.5, 0.6) is 0 Å². The minimum Gasteiger partial charge on any atom is -0.349 e. The van der Waals surface area contributed by atoms with E-state index in [1.165, 1.54) is 12.4 Å². The Morgan fingerprint density at radius 3 is 2.61 bits per heavy atom. The molecular weight excluding hydrogens is 337 g/mol. The van der Waals surface area contributed by atoms with Crippen LogP contribution in [0.1, 0.15) is 10.5 Å². The lowest BCUT2D eigenvalue weighted by Gasteiger charge is -2.10. The Bertz CT molecular complexity index is 676. The first-order valence-corrected chi connectivity index (χ1v) is 7.68. The SMILES string of the molecule is CN(C)CCNC(=O)c1cnc(Nc2ccc(Cl)cc2Cl)cn1. The van der Waals surface area contributed by atoms with Crippen LogP contribution >= 0.6 is 23.2 Å². The van der Waals surface area contributed by atoms with Gasteiger partial charge in [0.05, 0.1) is 23.1 Å². The van der Waals surface area contributed by atoms with E-state index in [2.05, 4.69) is 20.6 Å². The summed E-state index contributed by atoms with van der Waals surface area (Å²) >= 11 is 11.9. The van der Waals surface area contributed by atoms with Gasteiger partial charge in [0.15, 0.2) is 0 Å². The van der Waals surface area contributed by atoms with Gasteiger partial charge in [-0.1, -0.05) is 23.2 Å². The zero-order valence-electron chi connectivity index (χ0n) is 12.8. The average Bonchev–Trinajstić information content (AvgIpc) is 2.50. The third-order valence-corrected chi connectivity index (χ3v) is 3.47. The van der Waals surface area contributed by atoms with Crippen LogP contribution in [-0.4, -0.2) is 48.0 Å². The third kappa shape index (κ3) is 5.35. The number of rotatable bonds is 6. The first kappa shape index (κ1) is 17.5. The summed E-state index contributed by atoms with van der Waals surface area (Å²) in [6.07, 6.45) is 2.89. The van der Waals surface area contributed by atoms with E-state index in [1.54, 1.807) is 18.2 Å². The summed E-state index contributed by atoms with van der Waals surface area (Å²) < 4.78 is 0. The van der Waals surface area contributed by atoms with Gasteiger partial charge in [-0.05, 0) is 32.3 Å². The second-order valence-electron chi connectivity index (χ2n) is 5.10. The number of hydrogen-bond donors (Lipinski definition) is 2. The number of aromatic nitrogens is 2. The molecule has 0 spiro atoms. The van der Waals surface area contributed by atoms with Gasteiger partial charge in [0.25, 0.3) is 5.91 Å². The molecule has 0 saturated heterocycles. The molecule has 0 bridgehead atoms. The number of nitrogens with one attached hydrogen (secondary N) is 2. The maximum atomic E-state index is 11.9. The van der Waals surface area contributed by atoms with Crippen molar-refractivity contribution >= 4 is 40.6 Å². The van der Waals surface area contributed by atoms with Crippen LogP contribution in [0.4, 0.5) is 11.5 Å². The number of anilines is 2. The summed E-state index contributed by atoms with van der Waals surface area (Å²) in [5.41, 5.74) is 0.921. The van der Waals surface area contributed by atoms with Crippen LogP contribution in [0, 0.1) is 0 Å². The number of likely N-dealkylation sites (N-methyl/N-ethyl adjacent to an activating group) is 1. The van der Waals surface area contributed by atoms with E-state index >= 15 is 0 Å². The molecule has 1 aromatic heterocycles. The van der Waals surface area contributed by atoms with Crippen molar-refractivity contribution in [2.45, 2.75) is 0 Å². The number of nitrogens with zero attached hydrogens (tertiary/aromatic N) is 3. The molecule has 2 aromatic rings. The number of carbonyl (C=O) groups excluding carboxylic acids is 1. The maximum absolute atomic E-state index is 11.9. The van der Waals surface area contributed by atoms with E-state index in [0.717, 1.165) is 6.54 Å². The van der Waals surface area contributed by atoms with Crippen molar-refractivity contribution in [2.24, 2.45) is 0 Å². The third-order valence-electron chi connectivity index (χ3n) is 2.92. The smallest absolute Gasteiger partial charge is 0.271 e. The molecule has 0 aliphatic heterocycles. The summed E-state index contributed by atoms with van der Waals surface area (Å²) in [6, 6.07) is 5.09. The highest BCUT2D eigenvalue weighted by Crippen LogP contribution is 2.27. The van der Waals surface area contributed by atoms with Crippen molar-refractivity contribution in [3.8, 4) is 0 Å². The molecule has 23 heavy (non-hydrogen) atoms. The van der Waals surface area contributed by atoms with Crippen molar-refractivity contribution in [3.63, 3.8) is 0 Å². The number of amides is 1. The minimum atomic E-state index is -0.254. The number of halogens is 2. The molecule has 1 aromatic carbocycles. The first-order valence-electron chi connectivity index (χ1n) is 6.93. The highest BCUT2D eigenvalue weighted by molar-refractivity contribution is 6.36. The van der Waals surface area contributed by atoms with Crippen LogP contribution in [0.25, 0.3) is 0 Å². The van der Waals surface area contributed by atoms with Gasteiger partial charge in [-0.25, -0.2) is 9.97 Å². The topological polar surface area (TPSA) is 70.2 Å². The fourth-order valence-corrected chi connectivity index (χ4v) is 2.18. The van der Waals surface area contributed by atoms with Gasteiger partial charge >= 0.3 is 0 Å². The molecule has 6 nitrogen and oxygen atoms in total. The molecule has 0 atom stereocenters. The van der Waals surface area contributed by atoms with Gasteiger partial charge < -0.3 is 15.5 Å². The highest BCUT2D eigenvalue weighted by Gasteiger charge is 2.08. The Balaban J connectivity index is 1.97. The lowest BCUT2D eigenvalue weighted by Crippen LogP contribution is -2.31. The Kier molecular flexibility index (Phi) is 6.15. The van der Waals surface area contributed by atoms with Gasteiger partial charge in [0.2, 0.25) is 0 Å². The molecule has 122 valence electrons. The summed E-state index contributed by atoms with van der Waals surface area (Å²) in [6.45, 7) is 1.31. The van der Waals surface area contributed by atoms with Crippen molar-refractivity contribution in [1.82, 2.24) is 20.2 Å². The summed E-state index contributed by atoms with van der Waals surface area (Å²) in [5.74, 6) is 0.231. The van der Waals surface area contributed by atoms with E-state index in [0.29, 0.717) is 28.1 Å². The average molecular weight is 354 g/mol. The molecular formula is C15H17Cl2N5O. The van der Waals surface area contributed by atoms with Crippen molar-refractivity contribution in [3.05, 3.63) is 46.3 Å². The van der Waals surface area contributed by atoms with Crippen LogP contribution in [-0.2, 0) is 0 Å². The molecule has 2 rings (SSSR count). The molecule has 1 heterocycles. The molecule has 0 radical (unpaired) electrons. The normalized spacial score (nSPS) is 10.7. The first-order chi connectivity index (χ1) is 11.0. The Labute approximate surface area is 144 Å². The predicted molar refractivity (Wildman–Crippen MR) is 92.7 cm³/mol. The summed E-state index contributed by atoms with van der Waals surface area (Å²) in [4.78, 5) is 22.1. The van der Waals surface area contributed by atoms with E-state index < -0.39 is 0 Å². The van der Waals surface area contributed by atoms with E-state index in [4.69, 9.17) is 23.2 Å². The monoisotopic (exact) mass is 353 g/mol. The fraction of sp³-hybridized carbons (Fsp3) is 0.267. The van der Waals surface area contributed by atoms with Crippen molar-refractivity contribution in [1.29, 1.82) is 0 Å². The van der Waals surface area contributed by atoms with Crippen LogP contribution in [0.2, 0.25) is 10.0 Å². The zero-order chi connectivity index (χ0) is 16.8. The van der Waals surface area contributed by atoms with Gasteiger partial charge in [-0.3, -0.25) is 4.79 Å². The molecule has 0 aliphatic rings. The zero-order valence-corrected chi connectivity index (χ0v) is 14.3. The van der Waals surface area contributed by atoms with Crippen LogP contribution < -0.4 is 10.6 Å². The fourth-order valence-electron chi connectivity index (χ4n) is 1.72. The molecule has 0 unspecified atom stereocenters. The van der Waals surface area contributed by atoms with Crippen LogP contribution in [0.15, 0.2) is 30.6 Å². The van der Waals surface area contributed by atoms with Gasteiger partial charge in [-0.2, -0.15) is 0 Å². The maximum Gasteiger partial charge on any atom is 0.271 e. The second kappa shape index (κ2) is 8.10. The van der Waals surface area contributed by atoms with Gasteiger partial charge in [0, 0.05) is 18.1 Å². The largest absolute Gasteiger partial charge is 0.349 e. The van der Waals surface area contributed by atoms with Crippen molar-refractivity contribution < 1.29 is 4.79 Å². The molecule has 0 aliphatic carbocycles. The van der Waals surface area contributed by atoms with Gasteiger partial charge in [0.1, 0.15) is 11.5 Å². The number of benzene rings is 1. The predicted octanol–water partition coefficient (Wildman–Crippen LogP) is 2.82. The van der Waals surface area contributed by atoms with Gasteiger partial charge in [-0.15, -0.1) is 0 Å². The highest BCUT2D eigenvalue weighted by atomic mass is 35.5. The Hall–Kier alpha value is -1.89. The molecule has 2 N–H and O–H groups in total. The Morgan fingerprint density at radius 1 is 1.22 bits per heavy atom. The minimum absolute atomic E-state index is 0.254. The number of hydrogen-bond acceptors (Lipinski definition) is 5. The second-order valence-corrected chi connectivity index (χ2v) is 5.94.